The van der Waals surface area contributed by atoms with Crippen molar-refractivity contribution in [2.75, 3.05) is 4.90 Å². The van der Waals surface area contributed by atoms with Crippen molar-refractivity contribution in [2.24, 2.45) is 0 Å². The Morgan fingerprint density at radius 1 is 1.00 bits per heavy atom. The van der Waals surface area contributed by atoms with Gasteiger partial charge in [0.1, 0.15) is 11.6 Å². The minimum Gasteiger partial charge on any atom is -0.308 e. The van der Waals surface area contributed by atoms with Crippen LogP contribution in [0.15, 0.2) is 42.5 Å². The summed E-state index contributed by atoms with van der Waals surface area (Å²) in [5.41, 5.74) is 2.24. The van der Waals surface area contributed by atoms with Gasteiger partial charge in [0.2, 0.25) is 5.91 Å². The number of rotatable bonds is 1. The molecule has 4 heteroatoms. The first-order valence-electron chi connectivity index (χ1n) is 7.00. The van der Waals surface area contributed by atoms with Gasteiger partial charge in [-0.3, -0.25) is 4.79 Å². The Balaban J connectivity index is 1.75. The van der Waals surface area contributed by atoms with Gasteiger partial charge in [0, 0.05) is 23.9 Å². The third-order valence-electron chi connectivity index (χ3n) is 4.52. The highest BCUT2D eigenvalue weighted by Gasteiger charge is 2.46. The van der Waals surface area contributed by atoms with Gasteiger partial charge in [-0.2, -0.15) is 0 Å². The van der Waals surface area contributed by atoms with Gasteiger partial charge >= 0.3 is 0 Å². The second-order valence-corrected chi connectivity index (χ2v) is 5.63. The Labute approximate surface area is 121 Å². The largest absolute Gasteiger partial charge is 0.308 e. The van der Waals surface area contributed by atoms with Gasteiger partial charge in [-0.25, -0.2) is 8.78 Å². The van der Waals surface area contributed by atoms with E-state index in [4.69, 9.17) is 0 Å². The van der Waals surface area contributed by atoms with Crippen molar-refractivity contribution < 1.29 is 13.6 Å². The van der Waals surface area contributed by atoms with E-state index in [2.05, 4.69) is 0 Å². The number of carbonyl (C=O) groups excluding carboxylic acids is 1. The molecule has 21 heavy (non-hydrogen) atoms. The number of hydrogen-bond acceptors (Lipinski definition) is 1. The van der Waals surface area contributed by atoms with E-state index >= 15 is 0 Å². The Hall–Kier alpha value is -2.23. The van der Waals surface area contributed by atoms with Crippen LogP contribution in [0.5, 0.6) is 0 Å². The molecular formula is C17H13F2NO. The van der Waals surface area contributed by atoms with Crippen LogP contribution in [0.3, 0.4) is 0 Å². The van der Waals surface area contributed by atoms with Crippen molar-refractivity contribution in [1.29, 1.82) is 0 Å². The number of benzene rings is 2. The van der Waals surface area contributed by atoms with E-state index in [1.807, 2.05) is 0 Å². The van der Waals surface area contributed by atoms with Crippen molar-refractivity contribution in [3.63, 3.8) is 0 Å². The molecule has 2 atom stereocenters. The van der Waals surface area contributed by atoms with Crippen molar-refractivity contribution in [3.05, 3.63) is 65.2 Å². The first-order valence-corrected chi connectivity index (χ1v) is 7.00. The second-order valence-electron chi connectivity index (χ2n) is 5.63. The molecule has 2 aromatic carbocycles. The van der Waals surface area contributed by atoms with Crippen LogP contribution < -0.4 is 4.90 Å². The Morgan fingerprint density at radius 3 is 2.52 bits per heavy atom. The number of anilines is 1. The summed E-state index contributed by atoms with van der Waals surface area (Å²) >= 11 is 0. The van der Waals surface area contributed by atoms with Crippen molar-refractivity contribution in [3.8, 4) is 0 Å². The molecule has 0 N–H and O–H groups in total. The summed E-state index contributed by atoms with van der Waals surface area (Å²) in [6, 6.07) is 11.1. The maximum Gasteiger partial charge on any atom is 0.227 e. The topological polar surface area (TPSA) is 20.3 Å². The van der Waals surface area contributed by atoms with Crippen LogP contribution in [0, 0.1) is 11.6 Å². The van der Waals surface area contributed by atoms with E-state index in [9.17, 15) is 13.6 Å². The first kappa shape index (κ1) is 12.5. The number of carbonyl (C=O) groups is 1. The van der Waals surface area contributed by atoms with E-state index in [-0.39, 0.29) is 29.5 Å². The first-order chi connectivity index (χ1) is 10.1. The predicted molar refractivity (Wildman–Crippen MR) is 75.1 cm³/mol. The van der Waals surface area contributed by atoms with E-state index in [1.165, 1.54) is 18.2 Å². The van der Waals surface area contributed by atoms with Crippen LogP contribution in [-0.4, -0.2) is 11.9 Å². The van der Waals surface area contributed by atoms with Gasteiger partial charge in [-0.05, 0) is 36.2 Å². The molecule has 2 aliphatic rings. The monoisotopic (exact) mass is 285 g/mol. The third kappa shape index (κ3) is 1.78. The predicted octanol–water partition coefficient (Wildman–Crippen LogP) is 3.41. The van der Waals surface area contributed by atoms with Gasteiger partial charge in [0.25, 0.3) is 0 Å². The molecule has 0 spiro atoms. The number of nitrogens with zero attached hydrogens (tertiary/aromatic N) is 1. The molecule has 0 bridgehead atoms. The summed E-state index contributed by atoms with van der Waals surface area (Å²) in [4.78, 5) is 14.0. The minimum absolute atomic E-state index is 0.00935. The summed E-state index contributed by atoms with van der Waals surface area (Å²) in [6.45, 7) is 0. The quantitative estimate of drug-likeness (QED) is 0.786. The molecule has 0 saturated carbocycles. The highest BCUT2D eigenvalue weighted by atomic mass is 19.1. The van der Waals surface area contributed by atoms with Crippen LogP contribution in [0.2, 0.25) is 0 Å². The molecule has 0 radical (unpaired) electrons. The normalized spacial score (nSPS) is 23.3. The van der Waals surface area contributed by atoms with Gasteiger partial charge in [0.15, 0.2) is 0 Å². The fraction of sp³-hybridized carbons (Fsp3) is 0.235. The van der Waals surface area contributed by atoms with Crippen molar-refractivity contribution in [1.82, 2.24) is 0 Å². The second kappa shape index (κ2) is 4.38. The van der Waals surface area contributed by atoms with E-state index in [0.717, 1.165) is 5.56 Å². The molecule has 0 aliphatic carbocycles. The zero-order valence-electron chi connectivity index (χ0n) is 11.2. The molecule has 0 unspecified atom stereocenters. The molecule has 106 valence electrons. The molecule has 1 fully saturated rings. The summed E-state index contributed by atoms with van der Waals surface area (Å²) in [5, 5.41) is 0. The number of halogens is 2. The lowest BCUT2D eigenvalue weighted by Crippen LogP contribution is -2.31. The number of amides is 1. The smallest absolute Gasteiger partial charge is 0.227 e. The van der Waals surface area contributed by atoms with Crippen LogP contribution in [0.1, 0.15) is 23.5 Å². The summed E-state index contributed by atoms with van der Waals surface area (Å²) < 4.78 is 27.0. The van der Waals surface area contributed by atoms with Gasteiger partial charge in [-0.1, -0.05) is 18.2 Å². The molecular weight excluding hydrogens is 272 g/mol. The molecule has 0 aromatic heterocycles. The molecule has 2 aliphatic heterocycles. The summed E-state index contributed by atoms with van der Waals surface area (Å²) in [5.74, 6) is -0.545. The van der Waals surface area contributed by atoms with Crippen molar-refractivity contribution in [2.45, 2.75) is 24.8 Å². The average molecular weight is 285 g/mol. The Bertz CT molecular complexity index is 726. The third-order valence-corrected chi connectivity index (χ3v) is 4.52. The summed E-state index contributed by atoms with van der Waals surface area (Å²) in [7, 11) is 0. The number of fused-ring (bicyclic) bond motifs is 3. The number of hydrogen-bond donors (Lipinski definition) is 0. The maximum atomic E-state index is 13.9. The Kier molecular flexibility index (Phi) is 2.61. The van der Waals surface area contributed by atoms with Gasteiger partial charge in [-0.15, -0.1) is 0 Å². The molecule has 2 heterocycles. The SMILES string of the molecule is O=C1C[C@@H](c2ccc(F)cc2)[C@H]2Cc3c(F)cccc3N12. The van der Waals surface area contributed by atoms with E-state index in [1.54, 1.807) is 29.2 Å². The maximum absolute atomic E-state index is 13.9. The molecule has 1 amide bonds. The van der Waals surface area contributed by atoms with Crippen LogP contribution in [0.25, 0.3) is 0 Å². The van der Waals surface area contributed by atoms with E-state index < -0.39 is 0 Å². The van der Waals surface area contributed by atoms with Crippen LogP contribution in [-0.2, 0) is 11.2 Å². The summed E-state index contributed by atoms with van der Waals surface area (Å²) in [6.07, 6.45) is 0.919. The zero-order chi connectivity index (χ0) is 14.6. The highest BCUT2D eigenvalue weighted by Crippen LogP contribution is 2.45. The van der Waals surface area contributed by atoms with Crippen molar-refractivity contribution >= 4 is 11.6 Å². The fourth-order valence-electron chi connectivity index (χ4n) is 3.57. The lowest BCUT2D eigenvalue weighted by molar-refractivity contribution is -0.117. The Morgan fingerprint density at radius 2 is 1.76 bits per heavy atom. The molecule has 2 nitrogen and oxygen atoms in total. The van der Waals surface area contributed by atoms with E-state index in [0.29, 0.717) is 24.1 Å². The van der Waals surface area contributed by atoms with Gasteiger partial charge < -0.3 is 4.90 Å². The molecule has 2 aromatic rings. The van der Waals surface area contributed by atoms with Gasteiger partial charge in [0.05, 0.1) is 5.69 Å². The fourth-order valence-corrected chi connectivity index (χ4v) is 3.57. The average Bonchev–Trinajstić information content (AvgIpc) is 3.00. The highest BCUT2D eigenvalue weighted by molar-refractivity contribution is 5.99. The van der Waals surface area contributed by atoms with Crippen LogP contribution in [0.4, 0.5) is 14.5 Å². The standard InChI is InChI=1S/C17H13F2NO/c18-11-6-4-10(5-7-11)12-9-17(21)20-15-3-1-2-14(19)13(15)8-16(12)20/h1-7,12,16H,8-9H2/t12-,16+/m0/s1. The molecule has 1 saturated heterocycles. The zero-order valence-corrected chi connectivity index (χ0v) is 11.2. The van der Waals surface area contributed by atoms with Crippen LogP contribution >= 0.6 is 0 Å². The molecule has 4 rings (SSSR count). The minimum atomic E-state index is -0.291. The lowest BCUT2D eigenvalue weighted by Gasteiger charge is -2.21. The lowest BCUT2D eigenvalue weighted by atomic mass is 9.89.